The number of nitrogens with zero attached hydrogens (tertiary/aromatic N) is 1. The zero-order valence-corrected chi connectivity index (χ0v) is 20.7. The van der Waals surface area contributed by atoms with Crippen molar-refractivity contribution >= 4 is 11.3 Å². The number of aromatic nitrogens is 1. The summed E-state index contributed by atoms with van der Waals surface area (Å²) < 4.78 is 74.4. The minimum Gasteiger partial charge on any atom is -0.494 e. The molecule has 8 heteroatoms. The zero-order valence-electron chi connectivity index (χ0n) is 20.7. The molecule has 37 heavy (non-hydrogen) atoms. The second-order valence-corrected chi connectivity index (χ2v) is 8.43. The molecule has 1 aliphatic carbocycles. The van der Waals surface area contributed by atoms with Crippen molar-refractivity contribution < 1.29 is 31.4 Å². The van der Waals surface area contributed by atoms with Crippen molar-refractivity contribution in [3.63, 3.8) is 0 Å². The number of pyridine rings is 1. The molecule has 0 saturated heterocycles. The summed E-state index contributed by atoms with van der Waals surface area (Å²) in [6, 6.07) is 11.8. The second-order valence-electron chi connectivity index (χ2n) is 8.43. The van der Waals surface area contributed by atoms with Gasteiger partial charge < -0.3 is 9.47 Å². The highest BCUT2D eigenvalue weighted by atomic mass is 19.4. The number of benzene rings is 2. The maximum absolute atomic E-state index is 13.7. The Labute approximate surface area is 213 Å². The van der Waals surface area contributed by atoms with E-state index in [1.165, 1.54) is 49.2 Å². The molecule has 2 aromatic carbocycles. The van der Waals surface area contributed by atoms with Gasteiger partial charge in [0, 0.05) is 11.8 Å². The maximum atomic E-state index is 13.7. The second kappa shape index (κ2) is 12.5. The number of rotatable bonds is 7. The normalized spacial score (nSPS) is 12.9. The van der Waals surface area contributed by atoms with E-state index in [2.05, 4.69) is 17.6 Å². The number of aryl methyl sites for hydroxylation is 1. The fraction of sp³-hybridized carbons (Fsp3) is 0.276. The largest absolute Gasteiger partial charge is 0.494 e. The van der Waals surface area contributed by atoms with Crippen LogP contribution in [0.3, 0.4) is 0 Å². The van der Waals surface area contributed by atoms with Crippen molar-refractivity contribution in [2.24, 2.45) is 0 Å². The molecule has 0 spiro atoms. The summed E-state index contributed by atoms with van der Waals surface area (Å²) in [4.78, 5) is 3.66. The first kappa shape index (κ1) is 27.9. The van der Waals surface area contributed by atoms with E-state index in [9.17, 15) is 22.0 Å². The van der Waals surface area contributed by atoms with Crippen LogP contribution in [0.2, 0.25) is 0 Å². The fourth-order valence-corrected chi connectivity index (χ4v) is 3.72. The monoisotopic (exact) mass is 517 g/mol. The standard InChI is InChI=1S/C15H17FO.C14H11F4NO/c1-3-17-11(2)14-10-13(8-9-15(14)16)12-6-4-5-7-12;1-9-6-11(14(16,17)18)7-19-13(9)20-8-10-2-4-12(15)5-3-10/h6,8-10H,2-5,7H2,1H3;2-7H,8H2,1H3. The maximum Gasteiger partial charge on any atom is 0.417 e. The van der Waals surface area contributed by atoms with E-state index in [-0.39, 0.29) is 24.1 Å². The molecule has 4 rings (SSSR count). The van der Waals surface area contributed by atoms with Crippen LogP contribution in [0, 0.1) is 18.6 Å². The Morgan fingerprint density at radius 1 is 1.05 bits per heavy atom. The average Bonchev–Trinajstić information content (AvgIpc) is 3.40. The third-order valence-corrected chi connectivity index (χ3v) is 5.64. The van der Waals surface area contributed by atoms with Gasteiger partial charge in [-0.1, -0.05) is 30.9 Å². The van der Waals surface area contributed by atoms with Gasteiger partial charge in [-0.3, -0.25) is 0 Å². The Balaban J connectivity index is 0.000000208. The molecule has 0 unspecified atom stereocenters. The molecular formula is C29H28F5NO2. The van der Waals surface area contributed by atoms with Crippen LogP contribution in [0.4, 0.5) is 22.0 Å². The highest BCUT2D eigenvalue weighted by Crippen LogP contribution is 2.32. The number of ether oxygens (including phenoxy) is 2. The molecule has 0 atom stereocenters. The van der Waals surface area contributed by atoms with Crippen LogP contribution >= 0.6 is 0 Å². The van der Waals surface area contributed by atoms with Crippen molar-refractivity contribution in [2.75, 3.05) is 6.61 Å². The number of halogens is 5. The number of alkyl halides is 3. The van der Waals surface area contributed by atoms with Crippen LogP contribution in [0.5, 0.6) is 5.88 Å². The summed E-state index contributed by atoms with van der Waals surface area (Å²) in [6.07, 6.45) is 1.91. The lowest BCUT2D eigenvalue weighted by atomic mass is 10.0. The lowest BCUT2D eigenvalue weighted by molar-refractivity contribution is -0.137. The van der Waals surface area contributed by atoms with Gasteiger partial charge in [0.15, 0.2) is 0 Å². The van der Waals surface area contributed by atoms with Crippen LogP contribution in [0.1, 0.15) is 54.0 Å². The van der Waals surface area contributed by atoms with Crippen LogP contribution < -0.4 is 4.74 Å². The lowest BCUT2D eigenvalue weighted by Gasteiger charge is -2.11. The van der Waals surface area contributed by atoms with Crippen LogP contribution in [0.25, 0.3) is 11.3 Å². The highest BCUT2D eigenvalue weighted by Gasteiger charge is 2.31. The van der Waals surface area contributed by atoms with Gasteiger partial charge in [0.05, 0.1) is 17.7 Å². The summed E-state index contributed by atoms with van der Waals surface area (Å²) in [5.41, 5.74) is 3.03. The van der Waals surface area contributed by atoms with E-state index in [1.54, 1.807) is 0 Å². The zero-order chi connectivity index (χ0) is 27.0. The van der Waals surface area contributed by atoms with Gasteiger partial charge in [-0.05, 0) is 80.1 Å². The van der Waals surface area contributed by atoms with Gasteiger partial charge in [0.25, 0.3) is 0 Å². The Morgan fingerprint density at radius 2 is 1.78 bits per heavy atom. The van der Waals surface area contributed by atoms with Gasteiger partial charge in [-0.25, -0.2) is 13.8 Å². The van der Waals surface area contributed by atoms with Crippen molar-refractivity contribution in [3.05, 3.63) is 107 Å². The van der Waals surface area contributed by atoms with E-state index in [4.69, 9.17) is 9.47 Å². The van der Waals surface area contributed by atoms with E-state index >= 15 is 0 Å². The Kier molecular flexibility index (Phi) is 9.44. The number of allylic oxidation sites excluding steroid dienone is 2. The number of hydrogen-bond acceptors (Lipinski definition) is 3. The molecule has 3 nitrogen and oxygen atoms in total. The van der Waals surface area contributed by atoms with Crippen molar-refractivity contribution in [3.8, 4) is 5.88 Å². The smallest absolute Gasteiger partial charge is 0.417 e. The summed E-state index contributed by atoms with van der Waals surface area (Å²) >= 11 is 0. The Hall–Kier alpha value is -3.68. The molecule has 196 valence electrons. The quantitative estimate of drug-likeness (QED) is 0.233. The van der Waals surface area contributed by atoms with E-state index in [0.29, 0.717) is 29.1 Å². The van der Waals surface area contributed by atoms with Crippen LogP contribution in [0.15, 0.2) is 67.4 Å². The molecule has 0 radical (unpaired) electrons. The minimum atomic E-state index is -4.42. The van der Waals surface area contributed by atoms with Crippen LogP contribution in [-0.4, -0.2) is 11.6 Å². The Bertz CT molecular complexity index is 1250. The summed E-state index contributed by atoms with van der Waals surface area (Å²) in [7, 11) is 0. The first-order chi connectivity index (χ1) is 17.6. The van der Waals surface area contributed by atoms with E-state index < -0.39 is 11.7 Å². The topological polar surface area (TPSA) is 31.4 Å². The first-order valence-electron chi connectivity index (χ1n) is 11.8. The molecule has 0 N–H and O–H groups in total. The number of hydrogen-bond donors (Lipinski definition) is 0. The molecule has 3 aromatic rings. The fourth-order valence-electron chi connectivity index (χ4n) is 3.72. The van der Waals surface area contributed by atoms with Crippen molar-refractivity contribution in [2.45, 2.75) is 45.9 Å². The molecular weight excluding hydrogens is 489 g/mol. The van der Waals surface area contributed by atoms with Gasteiger partial charge >= 0.3 is 6.18 Å². The van der Waals surface area contributed by atoms with Crippen molar-refractivity contribution in [1.29, 1.82) is 0 Å². The molecule has 0 bridgehead atoms. The molecule has 1 aromatic heterocycles. The van der Waals surface area contributed by atoms with E-state index in [1.807, 2.05) is 19.1 Å². The summed E-state index contributed by atoms with van der Waals surface area (Å²) in [6.45, 7) is 7.73. The lowest BCUT2D eigenvalue weighted by Crippen LogP contribution is -2.07. The molecule has 0 saturated carbocycles. The van der Waals surface area contributed by atoms with E-state index in [0.717, 1.165) is 30.7 Å². The molecule has 1 aliphatic rings. The predicted octanol–water partition coefficient (Wildman–Crippen LogP) is 8.53. The average molecular weight is 518 g/mol. The SMILES string of the molecule is C=C(OCC)c1cc(C2=CCCC2)ccc1F.Cc1cc(C(F)(F)F)cnc1OCc1ccc(F)cc1. The molecule has 0 fully saturated rings. The summed E-state index contributed by atoms with van der Waals surface area (Å²) in [5, 5.41) is 0. The highest BCUT2D eigenvalue weighted by molar-refractivity contribution is 5.71. The molecule has 1 heterocycles. The van der Waals surface area contributed by atoms with Crippen LogP contribution in [-0.2, 0) is 17.5 Å². The summed E-state index contributed by atoms with van der Waals surface area (Å²) in [5.74, 6) is -0.101. The third-order valence-electron chi connectivity index (χ3n) is 5.64. The van der Waals surface area contributed by atoms with Crippen molar-refractivity contribution in [1.82, 2.24) is 4.98 Å². The first-order valence-corrected chi connectivity index (χ1v) is 11.8. The third kappa shape index (κ3) is 7.90. The molecule has 0 amide bonds. The van der Waals surface area contributed by atoms with Gasteiger partial charge in [-0.15, -0.1) is 0 Å². The molecule has 0 aliphatic heterocycles. The Morgan fingerprint density at radius 3 is 2.38 bits per heavy atom. The predicted molar refractivity (Wildman–Crippen MR) is 134 cm³/mol. The van der Waals surface area contributed by atoms with Gasteiger partial charge in [0.2, 0.25) is 5.88 Å². The minimum absolute atomic E-state index is 0.111. The van der Waals surface area contributed by atoms with Gasteiger partial charge in [-0.2, -0.15) is 13.2 Å². The van der Waals surface area contributed by atoms with Gasteiger partial charge in [0.1, 0.15) is 24.0 Å².